The van der Waals surface area contributed by atoms with E-state index in [1.165, 1.54) is 0 Å². The molecule has 0 radical (unpaired) electrons. The van der Waals surface area contributed by atoms with Crippen molar-refractivity contribution in [2.75, 3.05) is 44.2 Å². The van der Waals surface area contributed by atoms with E-state index >= 15 is 0 Å². The van der Waals surface area contributed by atoms with Crippen molar-refractivity contribution in [1.29, 1.82) is 0 Å². The van der Waals surface area contributed by atoms with Crippen molar-refractivity contribution in [2.45, 2.75) is 32.7 Å². The summed E-state index contributed by atoms with van der Waals surface area (Å²) >= 11 is 0. The number of rotatable bonds is 8. The molecule has 0 aliphatic carbocycles. The van der Waals surface area contributed by atoms with Crippen LogP contribution in [0.1, 0.15) is 26.7 Å². The van der Waals surface area contributed by atoms with E-state index in [0.29, 0.717) is 13.1 Å². The lowest BCUT2D eigenvalue weighted by atomic mass is 10.2. The van der Waals surface area contributed by atoms with Crippen molar-refractivity contribution in [1.82, 2.24) is 15.5 Å². The molecule has 1 unspecified atom stereocenters. The van der Waals surface area contributed by atoms with Crippen LogP contribution < -0.4 is 10.6 Å². The molecular formula is C13H27N3O3S. The van der Waals surface area contributed by atoms with Crippen molar-refractivity contribution in [3.05, 3.63) is 0 Å². The molecule has 1 saturated heterocycles. The van der Waals surface area contributed by atoms with E-state index in [9.17, 15) is 13.2 Å². The number of nitrogens with zero attached hydrogens (tertiary/aromatic N) is 1. The standard InChI is InChI=1S/C13H27N3O3S/c1-3-7-16(4-2)8-5-15-13(17)10-12-11-20(18,19)9-6-14-12/h12,14H,3-11H2,1-2H3,(H,15,17). The zero-order valence-electron chi connectivity index (χ0n) is 12.5. The molecule has 1 rings (SSSR count). The molecule has 2 N–H and O–H groups in total. The van der Waals surface area contributed by atoms with E-state index in [0.717, 1.165) is 26.1 Å². The average Bonchev–Trinajstić information content (AvgIpc) is 2.36. The highest BCUT2D eigenvalue weighted by Gasteiger charge is 2.25. The Bertz CT molecular complexity index is 398. The summed E-state index contributed by atoms with van der Waals surface area (Å²) in [7, 11) is -2.97. The van der Waals surface area contributed by atoms with Gasteiger partial charge in [0.15, 0.2) is 9.84 Å². The third kappa shape index (κ3) is 6.67. The fraction of sp³-hybridized carbons (Fsp3) is 0.923. The van der Waals surface area contributed by atoms with Gasteiger partial charge in [0, 0.05) is 32.1 Å². The molecule has 1 heterocycles. The molecule has 1 aliphatic rings. The fourth-order valence-corrected chi connectivity index (χ4v) is 3.84. The fourth-order valence-electron chi connectivity index (χ4n) is 2.39. The van der Waals surface area contributed by atoms with Crippen molar-refractivity contribution >= 4 is 15.7 Å². The molecule has 6 nitrogen and oxygen atoms in total. The second kappa shape index (κ2) is 8.59. The number of amides is 1. The zero-order chi connectivity index (χ0) is 15.0. The average molecular weight is 305 g/mol. The van der Waals surface area contributed by atoms with Crippen LogP contribution in [0.15, 0.2) is 0 Å². The molecule has 0 spiro atoms. The van der Waals surface area contributed by atoms with Gasteiger partial charge in [0.2, 0.25) is 5.91 Å². The number of carbonyl (C=O) groups excluding carboxylic acids is 1. The van der Waals surface area contributed by atoms with E-state index in [-0.39, 0.29) is 29.9 Å². The maximum absolute atomic E-state index is 11.8. The zero-order valence-corrected chi connectivity index (χ0v) is 13.3. The molecule has 1 amide bonds. The topological polar surface area (TPSA) is 78.5 Å². The Hall–Kier alpha value is -0.660. The minimum absolute atomic E-state index is 0.0668. The van der Waals surface area contributed by atoms with Crippen LogP contribution in [0, 0.1) is 0 Å². The summed E-state index contributed by atoms with van der Waals surface area (Å²) in [6.45, 7) is 8.16. The third-order valence-electron chi connectivity index (χ3n) is 3.47. The lowest BCUT2D eigenvalue weighted by Gasteiger charge is -2.23. The van der Waals surface area contributed by atoms with Gasteiger partial charge < -0.3 is 15.5 Å². The Morgan fingerprint density at radius 1 is 1.35 bits per heavy atom. The SMILES string of the molecule is CCCN(CC)CCNC(=O)CC1CS(=O)(=O)CCN1. The molecule has 1 aliphatic heterocycles. The first-order valence-electron chi connectivity index (χ1n) is 7.39. The van der Waals surface area contributed by atoms with E-state index in [1.54, 1.807) is 0 Å². The van der Waals surface area contributed by atoms with Crippen molar-refractivity contribution in [3.63, 3.8) is 0 Å². The highest BCUT2D eigenvalue weighted by Crippen LogP contribution is 2.04. The number of nitrogens with one attached hydrogen (secondary N) is 2. The van der Waals surface area contributed by atoms with Crippen LogP contribution in [0.4, 0.5) is 0 Å². The molecule has 0 aromatic rings. The largest absolute Gasteiger partial charge is 0.355 e. The van der Waals surface area contributed by atoms with Crippen molar-refractivity contribution in [2.24, 2.45) is 0 Å². The molecule has 0 saturated carbocycles. The van der Waals surface area contributed by atoms with Gasteiger partial charge in [-0.05, 0) is 19.5 Å². The number of carbonyl (C=O) groups is 1. The summed E-state index contributed by atoms with van der Waals surface area (Å²) in [5, 5.41) is 5.95. The Morgan fingerprint density at radius 3 is 2.70 bits per heavy atom. The first-order valence-corrected chi connectivity index (χ1v) is 9.21. The Balaban J connectivity index is 2.23. The van der Waals surface area contributed by atoms with Crippen molar-refractivity contribution in [3.8, 4) is 0 Å². The number of likely N-dealkylation sites (N-methyl/N-ethyl adjacent to an activating group) is 1. The highest BCUT2D eigenvalue weighted by atomic mass is 32.2. The number of sulfone groups is 1. The van der Waals surface area contributed by atoms with Crippen LogP contribution in [-0.2, 0) is 14.6 Å². The molecule has 118 valence electrons. The molecule has 0 aromatic heterocycles. The molecule has 1 atom stereocenters. The van der Waals surface area contributed by atoms with Crippen LogP contribution in [0.5, 0.6) is 0 Å². The number of hydrogen-bond donors (Lipinski definition) is 2. The summed E-state index contributed by atoms with van der Waals surface area (Å²) in [6, 6.07) is -0.244. The summed E-state index contributed by atoms with van der Waals surface area (Å²) < 4.78 is 23.0. The van der Waals surface area contributed by atoms with Gasteiger partial charge >= 0.3 is 0 Å². The second-order valence-electron chi connectivity index (χ2n) is 5.25. The first kappa shape index (κ1) is 17.4. The van der Waals surface area contributed by atoms with Gasteiger partial charge in [-0.1, -0.05) is 13.8 Å². The van der Waals surface area contributed by atoms with Crippen LogP contribution in [-0.4, -0.2) is 69.5 Å². The van der Waals surface area contributed by atoms with Gasteiger partial charge in [-0.15, -0.1) is 0 Å². The molecule has 7 heteroatoms. The summed E-state index contributed by atoms with van der Waals surface area (Å²) in [6.07, 6.45) is 1.34. The monoisotopic (exact) mass is 305 g/mol. The van der Waals surface area contributed by atoms with Gasteiger partial charge in [0.25, 0.3) is 0 Å². The van der Waals surface area contributed by atoms with E-state index < -0.39 is 9.84 Å². The van der Waals surface area contributed by atoms with Gasteiger partial charge in [-0.25, -0.2) is 8.42 Å². The van der Waals surface area contributed by atoms with Gasteiger partial charge in [-0.2, -0.15) is 0 Å². The lowest BCUT2D eigenvalue weighted by molar-refractivity contribution is -0.121. The predicted octanol–water partition coefficient (Wildman–Crippen LogP) is -0.389. The first-order chi connectivity index (χ1) is 9.46. The van der Waals surface area contributed by atoms with Crippen LogP contribution in [0.3, 0.4) is 0 Å². The summed E-state index contributed by atoms with van der Waals surface area (Å²) in [5.41, 5.74) is 0. The summed E-state index contributed by atoms with van der Waals surface area (Å²) in [5.74, 6) is 0.164. The Labute approximate surface area is 122 Å². The third-order valence-corrected chi connectivity index (χ3v) is 5.21. The van der Waals surface area contributed by atoms with Crippen LogP contribution in [0.2, 0.25) is 0 Å². The molecular weight excluding hydrogens is 278 g/mol. The van der Waals surface area contributed by atoms with E-state index in [1.807, 2.05) is 0 Å². The maximum atomic E-state index is 11.8. The summed E-state index contributed by atoms with van der Waals surface area (Å²) in [4.78, 5) is 14.1. The van der Waals surface area contributed by atoms with Gasteiger partial charge in [-0.3, -0.25) is 4.79 Å². The van der Waals surface area contributed by atoms with E-state index in [4.69, 9.17) is 0 Å². The Kier molecular flexibility index (Phi) is 7.47. The molecule has 1 fully saturated rings. The predicted molar refractivity (Wildman–Crippen MR) is 80.5 cm³/mol. The van der Waals surface area contributed by atoms with E-state index in [2.05, 4.69) is 29.4 Å². The van der Waals surface area contributed by atoms with Crippen LogP contribution >= 0.6 is 0 Å². The highest BCUT2D eigenvalue weighted by molar-refractivity contribution is 7.91. The molecule has 0 aromatic carbocycles. The maximum Gasteiger partial charge on any atom is 0.221 e. The van der Waals surface area contributed by atoms with Crippen LogP contribution in [0.25, 0.3) is 0 Å². The molecule has 0 bridgehead atoms. The minimum Gasteiger partial charge on any atom is -0.355 e. The van der Waals surface area contributed by atoms with Crippen molar-refractivity contribution < 1.29 is 13.2 Å². The Morgan fingerprint density at radius 2 is 2.10 bits per heavy atom. The molecule has 20 heavy (non-hydrogen) atoms. The quantitative estimate of drug-likeness (QED) is 0.639. The lowest BCUT2D eigenvalue weighted by Crippen LogP contribution is -2.47. The smallest absolute Gasteiger partial charge is 0.221 e. The van der Waals surface area contributed by atoms with Gasteiger partial charge in [0.1, 0.15) is 0 Å². The second-order valence-corrected chi connectivity index (χ2v) is 7.48. The number of hydrogen-bond acceptors (Lipinski definition) is 5. The normalized spacial score (nSPS) is 21.9. The minimum atomic E-state index is -2.97. The van der Waals surface area contributed by atoms with Gasteiger partial charge in [0.05, 0.1) is 11.5 Å².